The molecule has 0 fully saturated rings. The first-order valence-corrected chi connectivity index (χ1v) is 16.5. The largest absolute Gasteiger partial charge is 0.478 e. The molecule has 0 amide bonds. The van der Waals surface area contributed by atoms with Gasteiger partial charge in [0.2, 0.25) is 0 Å². The molecule has 4 aromatic carbocycles. The minimum Gasteiger partial charge on any atom is -0.478 e. The van der Waals surface area contributed by atoms with Crippen LogP contribution in [0.3, 0.4) is 0 Å². The summed E-state index contributed by atoms with van der Waals surface area (Å²) >= 11 is 0. The minimum absolute atomic E-state index is 0. The molecule has 2 aliphatic rings. The van der Waals surface area contributed by atoms with E-state index in [1.165, 1.54) is 17.3 Å². The van der Waals surface area contributed by atoms with E-state index in [1.807, 2.05) is 37.3 Å². The topological polar surface area (TPSA) is 89.7 Å². The third-order valence-electron chi connectivity index (χ3n) is 7.58. The summed E-state index contributed by atoms with van der Waals surface area (Å²) < 4.78 is 39.4. The summed E-state index contributed by atoms with van der Waals surface area (Å²) in [6.07, 6.45) is 3.14. The van der Waals surface area contributed by atoms with Gasteiger partial charge in [-0.2, -0.15) is 12.8 Å². The maximum absolute atomic E-state index is 11.9. The molecular weight excluding hydrogens is 646 g/mol. The summed E-state index contributed by atoms with van der Waals surface area (Å²) in [7, 11) is -3.61. The van der Waals surface area contributed by atoms with E-state index in [-0.39, 0.29) is 34.0 Å². The monoisotopic (exact) mass is 684 g/mol. The van der Waals surface area contributed by atoms with E-state index >= 15 is 0 Å². The Morgan fingerprint density at radius 2 is 1.15 bits per heavy atom. The van der Waals surface area contributed by atoms with E-state index in [4.69, 9.17) is 19.5 Å². The molecular formula is C37H39CuN3O4S. The molecule has 243 valence electrons. The molecule has 46 heavy (non-hydrogen) atoms. The van der Waals surface area contributed by atoms with Crippen molar-refractivity contribution in [2.24, 2.45) is 19.8 Å². The van der Waals surface area contributed by atoms with Crippen LogP contribution in [0.5, 0.6) is 0 Å². The van der Waals surface area contributed by atoms with Crippen LogP contribution in [0.15, 0.2) is 135 Å². The van der Waals surface area contributed by atoms with Gasteiger partial charge in [0.25, 0.3) is 10.0 Å². The van der Waals surface area contributed by atoms with Crippen molar-refractivity contribution in [3.8, 4) is 0 Å². The van der Waals surface area contributed by atoms with Crippen molar-refractivity contribution in [2.75, 3.05) is 13.2 Å². The van der Waals surface area contributed by atoms with Crippen LogP contribution in [0.4, 0.5) is 0 Å². The molecule has 0 spiro atoms. The van der Waals surface area contributed by atoms with Gasteiger partial charge in [0.15, 0.2) is 11.8 Å². The van der Waals surface area contributed by atoms with Crippen LogP contribution in [-0.4, -0.2) is 51.7 Å². The third-order valence-corrected chi connectivity index (χ3v) is 8.83. The van der Waals surface area contributed by atoms with Crippen molar-refractivity contribution in [1.29, 1.82) is 0 Å². The third kappa shape index (κ3) is 9.49. The number of benzene rings is 4. The summed E-state index contributed by atoms with van der Waals surface area (Å²) in [6, 6.07) is 36.9. The van der Waals surface area contributed by atoms with Gasteiger partial charge in [-0.3, -0.25) is 0 Å². The van der Waals surface area contributed by atoms with E-state index in [2.05, 4.69) is 66.8 Å². The Labute approximate surface area is 283 Å². The molecule has 0 saturated heterocycles. The number of aliphatic imine (C=N–C) groups is 2. The summed E-state index contributed by atoms with van der Waals surface area (Å²) in [5.74, 6) is 1.48. The summed E-state index contributed by atoms with van der Waals surface area (Å²) in [6.45, 7) is 7.31. The predicted octanol–water partition coefficient (Wildman–Crippen LogP) is 6.89. The number of sulfonamides is 1. The van der Waals surface area contributed by atoms with Gasteiger partial charge >= 0.3 is 0 Å². The molecule has 0 aromatic heterocycles. The van der Waals surface area contributed by atoms with Gasteiger partial charge in [-0.15, -0.1) is 0 Å². The Morgan fingerprint density at radius 1 is 0.717 bits per heavy atom. The maximum Gasteiger partial charge on any atom is 0.282 e. The molecule has 2 aliphatic heterocycles. The van der Waals surface area contributed by atoms with Crippen LogP contribution < -0.4 is 0 Å². The second kappa shape index (κ2) is 16.0. The number of nitrogens with zero attached hydrogens (tertiary/aromatic N) is 3. The molecule has 0 bridgehead atoms. The summed E-state index contributed by atoms with van der Waals surface area (Å²) in [5.41, 5.74) is 3.91. The van der Waals surface area contributed by atoms with Gasteiger partial charge in [0.05, 0.1) is 17.0 Å². The summed E-state index contributed by atoms with van der Waals surface area (Å²) in [5, 5.41) is 0. The Bertz CT molecular complexity index is 1670. The summed E-state index contributed by atoms with van der Waals surface area (Å²) in [4.78, 5) is 9.89. The van der Waals surface area contributed by atoms with Gasteiger partial charge in [-0.05, 0) is 62.4 Å². The fourth-order valence-corrected chi connectivity index (χ4v) is 5.89. The molecule has 0 unspecified atom stereocenters. The quantitative estimate of drug-likeness (QED) is 0.142. The first kappa shape index (κ1) is 34.8. The molecule has 0 saturated carbocycles. The SMILES string of the molecule is CC(C)(C1=N[C@@H](Cc2ccccc2)CO1)C1=N[C@@H](Cc2ccccc2)CO1.Cc1ccc(S(=O)(=O)/N=C\c2ccccc2)cc1.[Cu]. The van der Waals surface area contributed by atoms with Crippen molar-refractivity contribution in [2.45, 2.75) is 50.6 Å². The Morgan fingerprint density at radius 3 is 1.61 bits per heavy atom. The number of hydrogen-bond donors (Lipinski definition) is 0. The zero-order valence-corrected chi connectivity index (χ0v) is 28.0. The van der Waals surface area contributed by atoms with Crippen LogP contribution in [0.1, 0.15) is 36.1 Å². The average molecular weight is 685 g/mol. The van der Waals surface area contributed by atoms with Crippen LogP contribution in [-0.2, 0) is 49.4 Å². The zero-order valence-electron chi connectivity index (χ0n) is 26.2. The van der Waals surface area contributed by atoms with Crippen LogP contribution in [0.25, 0.3) is 0 Å². The molecule has 4 aromatic rings. The normalized spacial score (nSPS) is 17.5. The second-order valence-corrected chi connectivity index (χ2v) is 13.4. The minimum atomic E-state index is -3.61. The van der Waals surface area contributed by atoms with Crippen molar-refractivity contribution in [1.82, 2.24) is 0 Å². The fraction of sp³-hybridized carbons (Fsp3) is 0.270. The Balaban J connectivity index is 0.000000221. The smallest absolute Gasteiger partial charge is 0.282 e. The Hall–Kier alpha value is -4.04. The van der Waals surface area contributed by atoms with Crippen molar-refractivity contribution in [3.05, 3.63) is 138 Å². The van der Waals surface area contributed by atoms with E-state index < -0.39 is 15.4 Å². The number of aryl methyl sites for hydroxylation is 1. The zero-order chi connectivity index (χ0) is 31.7. The van der Waals surface area contributed by atoms with E-state index in [0.717, 1.165) is 35.8 Å². The molecule has 6 rings (SSSR count). The standard InChI is InChI=1S/C23H26N2O2.C14H13NO2S.Cu/c1-23(2,21-24-19(15-26-21)13-17-9-5-3-6-10-17)22-25-20(16-27-22)14-18-11-7-4-8-12-18;1-12-7-9-14(10-8-12)18(16,17)15-11-13-5-3-2-4-6-13;/h3-12,19-20H,13-16H2,1-2H3;2-11H,1H3;/b;15-11-;/t19-,20-;;/m0../s1. The van der Waals surface area contributed by atoms with Crippen LogP contribution in [0.2, 0.25) is 0 Å². The van der Waals surface area contributed by atoms with Gasteiger partial charge in [0, 0.05) is 23.3 Å². The van der Waals surface area contributed by atoms with E-state index in [9.17, 15) is 8.42 Å². The first-order valence-electron chi connectivity index (χ1n) is 15.1. The van der Waals surface area contributed by atoms with Gasteiger partial charge in [-0.1, -0.05) is 109 Å². The number of ether oxygens (including phenoxy) is 2. The fourth-order valence-electron chi connectivity index (χ4n) is 5.03. The molecule has 1 radical (unpaired) electrons. The average Bonchev–Trinajstić information content (AvgIpc) is 3.73. The van der Waals surface area contributed by atoms with Gasteiger partial charge in [0.1, 0.15) is 18.6 Å². The van der Waals surface area contributed by atoms with Gasteiger partial charge in [-0.25, -0.2) is 9.98 Å². The first-order chi connectivity index (χ1) is 21.7. The maximum atomic E-state index is 11.9. The Kier molecular flexibility index (Phi) is 12.1. The molecule has 9 heteroatoms. The number of rotatable bonds is 9. The molecule has 2 heterocycles. The van der Waals surface area contributed by atoms with Crippen molar-refractivity contribution >= 4 is 28.0 Å². The van der Waals surface area contributed by atoms with Crippen molar-refractivity contribution < 1.29 is 35.0 Å². The van der Waals surface area contributed by atoms with E-state index in [0.29, 0.717) is 13.2 Å². The van der Waals surface area contributed by atoms with Crippen LogP contribution >= 0.6 is 0 Å². The molecule has 7 nitrogen and oxygen atoms in total. The van der Waals surface area contributed by atoms with Crippen molar-refractivity contribution in [3.63, 3.8) is 0 Å². The molecule has 0 aliphatic carbocycles. The number of hydrogen-bond acceptors (Lipinski definition) is 6. The predicted molar refractivity (Wildman–Crippen MR) is 181 cm³/mol. The van der Waals surface area contributed by atoms with E-state index in [1.54, 1.807) is 36.4 Å². The second-order valence-electron chi connectivity index (χ2n) is 11.7. The molecule has 0 N–H and O–H groups in total. The molecule has 2 atom stereocenters. The van der Waals surface area contributed by atoms with Crippen LogP contribution in [0, 0.1) is 12.3 Å². The van der Waals surface area contributed by atoms with Gasteiger partial charge < -0.3 is 9.47 Å².